The van der Waals surface area contributed by atoms with Crippen LogP contribution in [0.5, 0.6) is 5.75 Å². The van der Waals surface area contributed by atoms with Gasteiger partial charge in [0.05, 0.1) is 18.4 Å². The number of ether oxygens (including phenoxy) is 1. The first-order valence-electron chi connectivity index (χ1n) is 14.7. The number of H-pyrrole nitrogens is 1. The second kappa shape index (κ2) is 12.8. The van der Waals surface area contributed by atoms with Gasteiger partial charge >= 0.3 is 13.3 Å². The second-order valence-electron chi connectivity index (χ2n) is 12.2. The Balaban J connectivity index is 1.54. The molecule has 0 bridgehead atoms. The van der Waals surface area contributed by atoms with Crippen LogP contribution in [0.2, 0.25) is 5.04 Å². The molecule has 1 fully saturated rings. The molecule has 0 radical (unpaired) electrons. The van der Waals surface area contributed by atoms with Gasteiger partial charge in [-0.2, -0.15) is 0 Å². The van der Waals surface area contributed by atoms with Crippen LogP contribution in [0.25, 0.3) is 0 Å². The normalized spacial score (nSPS) is 20.2. The fourth-order valence-corrected chi connectivity index (χ4v) is 11.8. The van der Waals surface area contributed by atoms with Gasteiger partial charge in [0, 0.05) is 18.2 Å². The van der Waals surface area contributed by atoms with E-state index in [1.807, 2.05) is 36.4 Å². The van der Waals surface area contributed by atoms with Gasteiger partial charge in [-0.1, -0.05) is 99.6 Å². The van der Waals surface area contributed by atoms with Gasteiger partial charge in [-0.05, 0) is 40.9 Å². The third kappa shape index (κ3) is 6.75. The van der Waals surface area contributed by atoms with Crippen molar-refractivity contribution in [3.63, 3.8) is 0 Å². The van der Waals surface area contributed by atoms with E-state index in [0.29, 0.717) is 17.7 Å². The van der Waals surface area contributed by atoms with Gasteiger partial charge in [0.15, 0.2) is 0 Å². The highest BCUT2D eigenvalue weighted by Crippen LogP contribution is 2.46. The number of aromatic nitrogens is 2. The minimum atomic E-state index is -4.05. The average Bonchev–Trinajstić information content (AvgIpc) is 3.39. The van der Waals surface area contributed by atoms with E-state index in [9.17, 15) is 19.0 Å². The summed E-state index contributed by atoms with van der Waals surface area (Å²) in [5.41, 5.74) is -0.673. The molecule has 11 heteroatoms. The molecule has 5 rings (SSSR count). The zero-order valence-corrected chi connectivity index (χ0v) is 27.3. The fraction of sp³-hybridized carbons (Fsp3) is 0.333. The molecule has 1 aliphatic rings. The minimum Gasteiger partial charge on any atom is -0.424 e. The van der Waals surface area contributed by atoms with Gasteiger partial charge in [0.1, 0.15) is 12.0 Å². The quantitative estimate of drug-likeness (QED) is 0.191. The van der Waals surface area contributed by atoms with Crippen LogP contribution in [-0.4, -0.2) is 41.1 Å². The Bertz CT molecular complexity index is 1680. The SMILES string of the molecule is Cc1cn([C@H]2C[C@H](O[Si](c3ccccc3)(c3ccccc3)C(C)(C)C)[C@@H](CCP(=O)(O)Oc3ccccc3)O2)c(=O)[nH]c1=O. The maximum absolute atomic E-state index is 13.2. The summed E-state index contributed by atoms with van der Waals surface area (Å²) < 4.78 is 33.9. The highest BCUT2D eigenvalue weighted by Gasteiger charge is 2.54. The molecule has 2 heterocycles. The standard InChI is InChI=1S/C33H39N2O7PSi/c1-24-23-35(32(37)34-31(24)36)30-22-29(28(40-30)20-21-43(38,39)41-25-14-8-5-9-15-25)42-44(33(2,3)4,26-16-10-6-11-17-26)27-18-12-7-13-19-27/h5-19,23,28-30H,20-22H2,1-4H3,(H,38,39)(H,34,36,37)/t28-,29+,30-/m1/s1. The average molecular weight is 635 g/mol. The molecule has 0 aliphatic carbocycles. The van der Waals surface area contributed by atoms with Crippen molar-refractivity contribution in [3.8, 4) is 5.75 Å². The molecular weight excluding hydrogens is 595 g/mol. The number of para-hydroxylation sites is 1. The number of benzene rings is 3. The summed E-state index contributed by atoms with van der Waals surface area (Å²) in [4.78, 5) is 38.1. The van der Waals surface area contributed by atoms with Gasteiger partial charge in [0.25, 0.3) is 13.9 Å². The lowest BCUT2D eigenvalue weighted by Gasteiger charge is -2.45. The number of nitrogens with one attached hydrogen (secondary N) is 1. The number of hydrogen-bond acceptors (Lipinski definition) is 6. The molecule has 44 heavy (non-hydrogen) atoms. The van der Waals surface area contributed by atoms with Crippen molar-refractivity contribution in [1.82, 2.24) is 9.55 Å². The van der Waals surface area contributed by atoms with E-state index >= 15 is 0 Å². The highest BCUT2D eigenvalue weighted by molar-refractivity contribution is 7.53. The second-order valence-corrected chi connectivity index (χ2v) is 18.4. The summed E-state index contributed by atoms with van der Waals surface area (Å²) >= 11 is 0. The molecule has 4 aromatic rings. The minimum absolute atomic E-state index is 0.150. The lowest BCUT2D eigenvalue weighted by Crippen LogP contribution is -2.68. The first kappa shape index (κ1) is 31.9. The Morgan fingerprint density at radius 1 is 0.955 bits per heavy atom. The molecule has 3 aromatic carbocycles. The zero-order chi connectivity index (χ0) is 31.5. The summed E-state index contributed by atoms with van der Waals surface area (Å²) in [6.45, 7) is 8.15. The van der Waals surface area contributed by atoms with Gasteiger partial charge in [0.2, 0.25) is 0 Å². The molecule has 232 valence electrons. The topological polar surface area (TPSA) is 120 Å². The molecule has 4 atom stereocenters. The predicted octanol–water partition coefficient (Wildman–Crippen LogP) is 4.73. The van der Waals surface area contributed by atoms with E-state index in [-0.39, 0.29) is 17.6 Å². The van der Waals surface area contributed by atoms with Crippen molar-refractivity contribution < 1.29 is 23.1 Å². The summed E-state index contributed by atoms with van der Waals surface area (Å²) in [7, 11) is -7.09. The number of rotatable bonds is 10. The summed E-state index contributed by atoms with van der Waals surface area (Å²) in [6.07, 6.45) is -0.169. The molecule has 1 aromatic heterocycles. The Morgan fingerprint density at radius 2 is 1.50 bits per heavy atom. The van der Waals surface area contributed by atoms with E-state index in [4.69, 9.17) is 13.7 Å². The van der Waals surface area contributed by atoms with Gasteiger partial charge in [-0.3, -0.25) is 14.3 Å². The third-order valence-electron chi connectivity index (χ3n) is 8.07. The molecule has 1 unspecified atom stereocenters. The van der Waals surface area contributed by atoms with Gasteiger partial charge in [-0.15, -0.1) is 0 Å². The molecule has 0 spiro atoms. The van der Waals surface area contributed by atoms with Gasteiger partial charge in [-0.25, -0.2) is 9.36 Å². The molecule has 2 N–H and O–H groups in total. The molecular formula is C33H39N2O7PSi. The maximum atomic E-state index is 13.2. The van der Waals surface area contributed by atoms with Crippen molar-refractivity contribution in [2.75, 3.05) is 6.16 Å². The molecule has 9 nitrogen and oxygen atoms in total. The maximum Gasteiger partial charge on any atom is 0.376 e. The number of nitrogens with zero attached hydrogens (tertiary/aromatic N) is 1. The van der Waals surface area contributed by atoms with E-state index in [1.165, 1.54) is 10.8 Å². The Morgan fingerprint density at radius 3 is 2.05 bits per heavy atom. The van der Waals surface area contributed by atoms with Crippen molar-refractivity contribution >= 4 is 26.3 Å². The predicted molar refractivity (Wildman–Crippen MR) is 173 cm³/mol. The van der Waals surface area contributed by atoms with Crippen LogP contribution in [-0.2, 0) is 13.7 Å². The summed E-state index contributed by atoms with van der Waals surface area (Å²) in [5, 5.41) is 1.84. The monoisotopic (exact) mass is 634 g/mol. The van der Waals surface area contributed by atoms with Gasteiger partial charge < -0.3 is 18.6 Å². The lowest BCUT2D eigenvalue weighted by molar-refractivity contribution is -0.0194. The van der Waals surface area contributed by atoms with Crippen molar-refractivity contribution in [2.24, 2.45) is 0 Å². The van der Waals surface area contributed by atoms with Crippen LogP contribution in [0.3, 0.4) is 0 Å². The molecule has 1 aliphatic heterocycles. The molecule has 0 amide bonds. The Kier molecular flexibility index (Phi) is 9.30. The lowest BCUT2D eigenvalue weighted by atomic mass is 10.1. The van der Waals surface area contributed by atoms with E-state index in [0.717, 1.165) is 10.4 Å². The fourth-order valence-electron chi connectivity index (χ4n) is 5.95. The van der Waals surface area contributed by atoms with Crippen LogP contribution in [0.1, 0.15) is 45.4 Å². The van der Waals surface area contributed by atoms with Crippen molar-refractivity contribution in [1.29, 1.82) is 0 Å². The van der Waals surface area contributed by atoms with Crippen molar-refractivity contribution in [3.05, 3.63) is 124 Å². The first-order chi connectivity index (χ1) is 20.9. The first-order valence-corrected chi connectivity index (χ1v) is 18.4. The molecule has 0 saturated carbocycles. The van der Waals surface area contributed by atoms with Crippen molar-refractivity contribution in [2.45, 2.75) is 64.0 Å². The third-order valence-corrected chi connectivity index (χ3v) is 14.4. The Hall–Kier alpha value is -3.53. The summed E-state index contributed by atoms with van der Waals surface area (Å²) in [5.74, 6) is 0.305. The van der Waals surface area contributed by atoms with Crippen LogP contribution < -0.4 is 26.1 Å². The largest absolute Gasteiger partial charge is 0.424 e. The zero-order valence-electron chi connectivity index (χ0n) is 25.4. The highest BCUT2D eigenvalue weighted by atomic mass is 31.2. The van der Waals surface area contributed by atoms with Crippen LogP contribution in [0.4, 0.5) is 0 Å². The Labute approximate surface area is 258 Å². The van der Waals surface area contributed by atoms with Crippen LogP contribution in [0.15, 0.2) is 107 Å². The molecule has 1 saturated heterocycles. The van der Waals surface area contributed by atoms with Crippen LogP contribution in [0, 0.1) is 6.92 Å². The van der Waals surface area contributed by atoms with E-state index < -0.39 is 45.6 Å². The van der Waals surface area contributed by atoms with E-state index in [2.05, 4.69) is 50.0 Å². The smallest absolute Gasteiger partial charge is 0.376 e. The number of hydrogen-bond donors (Lipinski definition) is 2. The number of aromatic amines is 1. The summed E-state index contributed by atoms with van der Waals surface area (Å²) in [6, 6.07) is 28.9. The van der Waals surface area contributed by atoms with E-state index in [1.54, 1.807) is 37.3 Å². The van der Waals surface area contributed by atoms with Crippen LogP contribution >= 0.6 is 7.60 Å². The number of aryl methyl sites for hydroxylation is 1.